The molecule has 10 nitrogen and oxygen atoms in total. The van der Waals surface area contributed by atoms with Gasteiger partial charge in [-0.15, -0.1) is 0 Å². The summed E-state index contributed by atoms with van der Waals surface area (Å²) in [5, 5.41) is 2.54. The highest BCUT2D eigenvalue weighted by molar-refractivity contribution is 7.89. The number of benzene rings is 1. The van der Waals surface area contributed by atoms with E-state index in [-0.39, 0.29) is 36.0 Å². The molecule has 3 rings (SSSR count). The smallest absolute Gasteiger partial charge is 0.338 e. The van der Waals surface area contributed by atoms with Gasteiger partial charge in [-0.25, -0.2) is 13.2 Å². The lowest BCUT2D eigenvalue weighted by Crippen LogP contribution is -2.49. The van der Waals surface area contributed by atoms with Crippen molar-refractivity contribution in [1.82, 2.24) is 14.5 Å². The van der Waals surface area contributed by atoms with Crippen LogP contribution in [-0.4, -0.2) is 68.2 Å². The fourth-order valence-corrected chi connectivity index (χ4v) is 4.51. The number of carbonyl (C=O) groups excluding carboxylic acids is 3. The van der Waals surface area contributed by atoms with Crippen molar-refractivity contribution in [2.75, 3.05) is 32.8 Å². The highest BCUT2D eigenvalue weighted by Crippen LogP contribution is 2.19. The molecule has 2 aromatic rings. The molecule has 1 saturated heterocycles. The Balaban J connectivity index is 1.58. The molecule has 2 heterocycles. The van der Waals surface area contributed by atoms with Gasteiger partial charge in [0.2, 0.25) is 15.9 Å². The van der Waals surface area contributed by atoms with E-state index in [2.05, 4.69) is 5.32 Å². The van der Waals surface area contributed by atoms with Gasteiger partial charge in [-0.2, -0.15) is 4.31 Å². The molecular formula is C20H23N3O7S. The van der Waals surface area contributed by atoms with E-state index in [0.717, 1.165) is 0 Å². The van der Waals surface area contributed by atoms with E-state index < -0.39 is 28.5 Å². The number of sulfonamides is 1. The minimum atomic E-state index is -3.83. The fourth-order valence-electron chi connectivity index (χ4n) is 3.04. The highest BCUT2D eigenvalue weighted by atomic mass is 32.2. The number of amides is 2. The zero-order valence-electron chi connectivity index (χ0n) is 16.9. The van der Waals surface area contributed by atoms with Crippen molar-refractivity contribution >= 4 is 27.8 Å². The van der Waals surface area contributed by atoms with Crippen molar-refractivity contribution in [2.45, 2.75) is 18.4 Å². The molecule has 0 spiro atoms. The van der Waals surface area contributed by atoms with Crippen molar-refractivity contribution in [3.8, 4) is 0 Å². The monoisotopic (exact) mass is 449 g/mol. The van der Waals surface area contributed by atoms with E-state index in [4.69, 9.17) is 9.15 Å². The standard InChI is InChI=1S/C20H23N3O7S/c1-15(24)22-7-9-23(10-8-22)31(27,28)18-6-2-4-16(12-18)20(26)30-14-19(25)21-13-17-5-3-11-29-17/h2-6,11-12H,7-10,13-14H2,1H3,(H,21,25). The SMILES string of the molecule is CC(=O)N1CCN(S(=O)(=O)c2cccc(C(=O)OCC(=O)NCc3ccco3)c2)CC1. The van der Waals surface area contributed by atoms with Gasteiger partial charge in [-0.3, -0.25) is 9.59 Å². The summed E-state index contributed by atoms with van der Waals surface area (Å²) in [7, 11) is -3.83. The molecule has 0 atom stereocenters. The van der Waals surface area contributed by atoms with Crippen molar-refractivity contribution in [1.29, 1.82) is 0 Å². The molecule has 166 valence electrons. The Morgan fingerprint density at radius 1 is 1.10 bits per heavy atom. The van der Waals surface area contributed by atoms with Crippen LogP contribution in [0.3, 0.4) is 0 Å². The maximum Gasteiger partial charge on any atom is 0.338 e. The normalized spacial score (nSPS) is 14.8. The molecule has 0 radical (unpaired) electrons. The van der Waals surface area contributed by atoms with Crippen molar-refractivity contribution < 1.29 is 32.0 Å². The van der Waals surface area contributed by atoms with Gasteiger partial charge >= 0.3 is 5.97 Å². The number of hydrogen-bond donors (Lipinski definition) is 1. The largest absolute Gasteiger partial charge is 0.467 e. The maximum absolute atomic E-state index is 12.9. The van der Waals surface area contributed by atoms with Crippen LogP contribution in [0.1, 0.15) is 23.0 Å². The number of nitrogens with zero attached hydrogens (tertiary/aromatic N) is 2. The molecule has 0 aliphatic carbocycles. The third kappa shape index (κ3) is 5.70. The Labute approximate surface area is 179 Å². The molecular weight excluding hydrogens is 426 g/mol. The average Bonchev–Trinajstić information content (AvgIpc) is 3.30. The Morgan fingerprint density at radius 2 is 1.84 bits per heavy atom. The van der Waals surface area contributed by atoms with Crippen LogP contribution in [-0.2, 0) is 30.9 Å². The zero-order valence-corrected chi connectivity index (χ0v) is 17.8. The summed E-state index contributed by atoms with van der Waals surface area (Å²) in [5.41, 5.74) is 0.0160. The summed E-state index contributed by atoms with van der Waals surface area (Å²) in [5.74, 6) is -0.875. The van der Waals surface area contributed by atoms with Gasteiger partial charge in [0.1, 0.15) is 5.76 Å². The maximum atomic E-state index is 12.9. The molecule has 1 aromatic heterocycles. The Morgan fingerprint density at radius 3 is 2.48 bits per heavy atom. The fraction of sp³-hybridized carbons (Fsp3) is 0.350. The predicted octanol–water partition coefficient (Wildman–Crippen LogP) is 0.606. The van der Waals surface area contributed by atoms with Crippen molar-refractivity contribution in [3.63, 3.8) is 0 Å². The van der Waals surface area contributed by atoms with Crippen LogP contribution in [0.4, 0.5) is 0 Å². The van der Waals surface area contributed by atoms with Crippen molar-refractivity contribution in [2.24, 2.45) is 0 Å². The van der Waals surface area contributed by atoms with Crippen molar-refractivity contribution in [3.05, 3.63) is 54.0 Å². The minimum Gasteiger partial charge on any atom is -0.467 e. The average molecular weight is 449 g/mol. The summed E-state index contributed by atoms with van der Waals surface area (Å²) in [6.45, 7) is 2.06. The number of hydrogen-bond acceptors (Lipinski definition) is 7. The van der Waals surface area contributed by atoms with E-state index in [1.54, 1.807) is 17.0 Å². The molecule has 31 heavy (non-hydrogen) atoms. The molecule has 1 aliphatic rings. The van der Waals surface area contributed by atoms with Crippen LogP contribution in [0.2, 0.25) is 0 Å². The summed E-state index contributed by atoms with van der Waals surface area (Å²) >= 11 is 0. The number of carbonyl (C=O) groups is 3. The Kier molecular flexibility index (Phi) is 7.08. The first kappa shape index (κ1) is 22.5. The minimum absolute atomic E-state index is 0.0160. The van der Waals surface area contributed by atoms with E-state index >= 15 is 0 Å². The second-order valence-corrected chi connectivity index (χ2v) is 8.81. The molecule has 2 amide bonds. The molecule has 1 N–H and O–H groups in total. The first-order chi connectivity index (χ1) is 14.8. The predicted molar refractivity (Wildman–Crippen MR) is 108 cm³/mol. The first-order valence-electron chi connectivity index (χ1n) is 9.59. The lowest BCUT2D eigenvalue weighted by molar-refractivity contribution is -0.130. The van der Waals surface area contributed by atoms with Gasteiger partial charge in [0.25, 0.3) is 5.91 Å². The van der Waals surface area contributed by atoms with Gasteiger partial charge in [0.05, 0.1) is 23.3 Å². The summed E-state index contributed by atoms with van der Waals surface area (Å²) < 4.78 is 37.1. The number of furan rings is 1. The molecule has 1 aliphatic heterocycles. The summed E-state index contributed by atoms with van der Waals surface area (Å²) in [4.78, 5) is 37.1. The second kappa shape index (κ2) is 9.75. The van der Waals surface area contributed by atoms with Crippen LogP contribution in [0.15, 0.2) is 52.0 Å². The van der Waals surface area contributed by atoms with Crippen LogP contribution in [0, 0.1) is 0 Å². The summed E-state index contributed by atoms with van der Waals surface area (Å²) in [6.07, 6.45) is 1.48. The van der Waals surface area contributed by atoms with Gasteiger partial charge < -0.3 is 19.4 Å². The number of esters is 1. The number of nitrogens with one attached hydrogen (secondary N) is 1. The van der Waals surface area contributed by atoms with Crippen LogP contribution in [0.5, 0.6) is 0 Å². The lowest BCUT2D eigenvalue weighted by Gasteiger charge is -2.33. The Hall–Kier alpha value is -3.18. The van der Waals surface area contributed by atoms with Crippen LogP contribution >= 0.6 is 0 Å². The Bertz CT molecular complexity index is 1040. The van der Waals surface area contributed by atoms with Gasteiger partial charge in [0, 0.05) is 33.1 Å². The first-order valence-corrected chi connectivity index (χ1v) is 11.0. The van der Waals surface area contributed by atoms with Gasteiger partial charge in [0.15, 0.2) is 6.61 Å². The topological polar surface area (TPSA) is 126 Å². The molecule has 0 bridgehead atoms. The molecule has 0 saturated carbocycles. The van der Waals surface area contributed by atoms with E-state index in [9.17, 15) is 22.8 Å². The van der Waals surface area contributed by atoms with E-state index in [0.29, 0.717) is 18.8 Å². The number of rotatable bonds is 7. The molecule has 0 unspecified atom stereocenters. The second-order valence-electron chi connectivity index (χ2n) is 6.87. The molecule has 11 heteroatoms. The van der Waals surface area contributed by atoms with Crippen LogP contribution in [0.25, 0.3) is 0 Å². The van der Waals surface area contributed by atoms with Gasteiger partial charge in [-0.1, -0.05) is 6.07 Å². The third-order valence-electron chi connectivity index (χ3n) is 4.77. The molecule has 1 fully saturated rings. The quantitative estimate of drug-likeness (QED) is 0.614. The van der Waals surface area contributed by atoms with E-state index in [1.807, 2.05) is 0 Å². The number of ether oxygens (including phenoxy) is 1. The van der Waals surface area contributed by atoms with E-state index in [1.165, 1.54) is 41.8 Å². The number of piperazine rings is 1. The lowest BCUT2D eigenvalue weighted by atomic mass is 10.2. The highest BCUT2D eigenvalue weighted by Gasteiger charge is 2.29. The van der Waals surface area contributed by atoms with Gasteiger partial charge in [-0.05, 0) is 30.3 Å². The third-order valence-corrected chi connectivity index (χ3v) is 6.66. The molecule has 1 aromatic carbocycles. The van der Waals surface area contributed by atoms with Crippen LogP contribution < -0.4 is 5.32 Å². The summed E-state index contributed by atoms with van der Waals surface area (Å²) in [6, 6.07) is 8.83. The zero-order chi connectivity index (χ0) is 22.4.